The molecule has 1 aliphatic carbocycles. The molecular formula is C14H19N5O. The van der Waals surface area contributed by atoms with E-state index < -0.39 is 0 Å². The van der Waals surface area contributed by atoms with Crippen LogP contribution in [0.5, 0.6) is 5.75 Å². The van der Waals surface area contributed by atoms with Crippen LogP contribution in [0.3, 0.4) is 0 Å². The van der Waals surface area contributed by atoms with Gasteiger partial charge in [0.25, 0.3) is 0 Å². The number of nitrogens with zero attached hydrogens (tertiary/aromatic N) is 5. The summed E-state index contributed by atoms with van der Waals surface area (Å²) in [6.07, 6.45) is 6.68. The summed E-state index contributed by atoms with van der Waals surface area (Å²) in [7, 11) is 0. The Balaban J connectivity index is 1.72. The predicted octanol–water partition coefficient (Wildman–Crippen LogP) is 2.17. The van der Waals surface area contributed by atoms with Crippen LogP contribution >= 0.6 is 0 Å². The van der Waals surface area contributed by atoms with Crippen LogP contribution in [0.1, 0.15) is 50.0 Å². The second-order valence-electron chi connectivity index (χ2n) is 5.09. The Morgan fingerprint density at radius 3 is 2.85 bits per heavy atom. The summed E-state index contributed by atoms with van der Waals surface area (Å²) in [5.74, 6) is 2.30. The SMILES string of the molecule is CCOc1ccc(Cn2nnnc2C2CCCC2)nc1. The standard InChI is InChI=1S/C14H19N5O/c1-2-20-13-8-7-12(15-9-13)10-19-14(16-17-18-19)11-5-3-4-6-11/h7-9,11H,2-6,10H2,1H3. The van der Waals surface area contributed by atoms with Crippen molar-refractivity contribution >= 4 is 0 Å². The Morgan fingerprint density at radius 1 is 1.30 bits per heavy atom. The minimum atomic E-state index is 0.507. The van der Waals surface area contributed by atoms with Crippen molar-refractivity contribution in [2.75, 3.05) is 6.61 Å². The van der Waals surface area contributed by atoms with Crippen LogP contribution < -0.4 is 4.74 Å². The average Bonchev–Trinajstić information content (AvgIpc) is 3.12. The lowest BCUT2D eigenvalue weighted by Gasteiger charge is -2.09. The molecule has 0 N–H and O–H groups in total. The Labute approximate surface area is 118 Å². The monoisotopic (exact) mass is 273 g/mol. The summed E-state index contributed by atoms with van der Waals surface area (Å²) in [6.45, 7) is 3.23. The molecule has 0 aromatic carbocycles. The molecule has 0 atom stereocenters. The van der Waals surface area contributed by atoms with E-state index in [4.69, 9.17) is 4.74 Å². The van der Waals surface area contributed by atoms with Crippen molar-refractivity contribution in [3.8, 4) is 5.75 Å². The van der Waals surface area contributed by atoms with E-state index in [0.717, 1.165) is 17.3 Å². The van der Waals surface area contributed by atoms with Gasteiger partial charge in [-0.1, -0.05) is 12.8 Å². The van der Waals surface area contributed by atoms with E-state index in [-0.39, 0.29) is 0 Å². The molecule has 1 fully saturated rings. The van der Waals surface area contributed by atoms with Crippen LogP contribution in [0, 0.1) is 0 Å². The molecule has 0 unspecified atom stereocenters. The first-order valence-corrected chi connectivity index (χ1v) is 7.20. The zero-order valence-electron chi connectivity index (χ0n) is 11.7. The predicted molar refractivity (Wildman–Crippen MR) is 73.5 cm³/mol. The maximum Gasteiger partial charge on any atom is 0.154 e. The lowest BCUT2D eigenvalue weighted by Crippen LogP contribution is -2.10. The molecule has 106 valence electrons. The molecule has 2 aromatic rings. The number of pyridine rings is 1. The van der Waals surface area contributed by atoms with Crippen molar-refractivity contribution in [3.05, 3.63) is 29.8 Å². The molecule has 1 aliphatic rings. The average molecular weight is 273 g/mol. The third-order valence-corrected chi connectivity index (χ3v) is 3.70. The summed E-state index contributed by atoms with van der Waals surface area (Å²) < 4.78 is 7.27. The highest BCUT2D eigenvalue weighted by Gasteiger charge is 2.23. The summed E-state index contributed by atoms with van der Waals surface area (Å²) >= 11 is 0. The number of rotatable bonds is 5. The first kappa shape index (κ1) is 13.0. The minimum absolute atomic E-state index is 0.507. The summed E-state index contributed by atoms with van der Waals surface area (Å²) in [5, 5.41) is 12.1. The summed E-state index contributed by atoms with van der Waals surface area (Å²) in [4.78, 5) is 4.40. The molecule has 0 saturated heterocycles. The fraction of sp³-hybridized carbons (Fsp3) is 0.571. The highest BCUT2D eigenvalue weighted by Crippen LogP contribution is 2.32. The van der Waals surface area contributed by atoms with E-state index in [1.165, 1.54) is 25.7 Å². The second-order valence-corrected chi connectivity index (χ2v) is 5.09. The Hall–Kier alpha value is -1.98. The van der Waals surface area contributed by atoms with E-state index in [0.29, 0.717) is 19.1 Å². The van der Waals surface area contributed by atoms with Gasteiger partial charge in [0, 0.05) is 5.92 Å². The van der Waals surface area contributed by atoms with Gasteiger partial charge in [0.15, 0.2) is 5.82 Å². The van der Waals surface area contributed by atoms with Gasteiger partial charge in [-0.15, -0.1) is 5.10 Å². The van der Waals surface area contributed by atoms with Crippen molar-refractivity contribution in [1.29, 1.82) is 0 Å². The number of hydrogen-bond donors (Lipinski definition) is 0. The second kappa shape index (κ2) is 5.98. The van der Waals surface area contributed by atoms with Crippen LogP contribution in [0.15, 0.2) is 18.3 Å². The lowest BCUT2D eigenvalue weighted by atomic mass is 10.1. The van der Waals surface area contributed by atoms with Crippen LogP contribution in [-0.2, 0) is 6.54 Å². The van der Waals surface area contributed by atoms with E-state index in [1.807, 2.05) is 23.7 Å². The fourth-order valence-electron chi connectivity index (χ4n) is 2.71. The van der Waals surface area contributed by atoms with Crippen molar-refractivity contribution in [1.82, 2.24) is 25.2 Å². The van der Waals surface area contributed by atoms with Gasteiger partial charge in [0.2, 0.25) is 0 Å². The zero-order valence-corrected chi connectivity index (χ0v) is 11.7. The Bertz CT molecular complexity index is 545. The van der Waals surface area contributed by atoms with Crippen LogP contribution in [-0.4, -0.2) is 31.8 Å². The number of tetrazole rings is 1. The van der Waals surface area contributed by atoms with Gasteiger partial charge in [-0.25, -0.2) is 4.68 Å². The minimum Gasteiger partial charge on any atom is -0.492 e. The fourth-order valence-corrected chi connectivity index (χ4v) is 2.71. The third-order valence-electron chi connectivity index (χ3n) is 3.70. The maximum atomic E-state index is 5.39. The number of ether oxygens (including phenoxy) is 1. The van der Waals surface area contributed by atoms with Gasteiger partial charge >= 0.3 is 0 Å². The van der Waals surface area contributed by atoms with E-state index in [2.05, 4.69) is 20.5 Å². The molecule has 0 amide bonds. The highest BCUT2D eigenvalue weighted by atomic mass is 16.5. The lowest BCUT2D eigenvalue weighted by molar-refractivity contribution is 0.338. The molecule has 0 spiro atoms. The van der Waals surface area contributed by atoms with Crippen molar-refractivity contribution in [3.63, 3.8) is 0 Å². The van der Waals surface area contributed by atoms with Gasteiger partial charge in [0.1, 0.15) is 5.75 Å². The quantitative estimate of drug-likeness (QED) is 0.835. The molecular weight excluding hydrogens is 254 g/mol. The van der Waals surface area contributed by atoms with Crippen molar-refractivity contribution < 1.29 is 4.74 Å². The third kappa shape index (κ3) is 2.79. The van der Waals surface area contributed by atoms with Crippen molar-refractivity contribution in [2.45, 2.75) is 45.1 Å². The van der Waals surface area contributed by atoms with Gasteiger partial charge in [-0.3, -0.25) is 4.98 Å². The van der Waals surface area contributed by atoms with Gasteiger partial charge in [-0.05, 0) is 42.3 Å². The molecule has 0 bridgehead atoms. The molecule has 1 saturated carbocycles. The summed E-state index contributed by atoms with van der Waals surface area (Å²) in [6, 6.07) is 3.90. The maximum absolute atomic E-state index is 5.39. The van der Waals surface area contributed by atoms with E-state index in [1.54, 1.807) is 6.20 Å². The van der Waals surface area contributed by atoms with Crippen LogP contribution in [0.25, 0.3) is 0 Å². The molecule has 20 heavy (non-hydrogen) atoms. The van der Waals surface area contributed by atoms with Gasteiger partial charge in [-0.2, -0.15) is 0 Å². The number of hydrogen-bond acceptors (Lipinski definition) is 5. The van der Waals surface area contributed by atoms with Crippen LogP contribution in [0.4, 0.5) is 0 Å². The van der Waals surface area contributed by atoms with E-state index >= 15 is 0 Å². The largest absolute Gasteiger partial charge is 0.492 e. The summed E-state index contributed by atoms with van der Waals surface area (Å²) in [5.41, 5.74) is 0.944. The normalized spacial score (nSPS) is 15.7. The first-order valence-electron chi connectivity index (χ1n) is 7.20. The Morgan fingerprint density at radius 2 is 2.15 bits per heavy atom. The van der Waals surface area contributed by atoms with Crippen molar-refractivity contribution in [2.24, 2.45) is 0 Å². The molecule has 0 aliphatic heterocycles. The molecule has 6 nitrogen and oxygen atoms in total. The topological polar surface area (TPSA) is 65.7 Å². The van der Waals surface area contributed by atoms with Gasteiger partial charge in [0.05, 0.1) is 25.0 Å². The zero-order chi connectivity index (χ0) is 13.8. The Kier molecular flexibility index (Phi) is 3.90. The molecule has 2 heterocycles. The molecule has 6 heteroatoms. The smallest absolute Gasteiger partial charge is 0.154 e. The molecule has 2 aromatic heterocycles. The number of aromatic nitrogens is 5. The van der Waals surface area contributed by atoms with E-state index in [9.17, 15) is 0 Å². The first-order chi connectivity index (χ1) is 9.86. The van der Waals surface area contributed by atoms with Crippen LogP contribution in [0.2, 0.25) is 0 Å². The van der Waals surface area contributed by atoms with Gasteiger partial charge < -0.3 is 4.74 Å². The highest BCUT2D eigenvalue weighted by molar-refractivity contribution is 5.20. The molecule has 0 radical (unpaired) electrons. The molecule has 3 rings (SSSR count).